The van der Waals surface area contributed by atoms with Crippen molar-refractivity contribution in [2.75, 3.05) is 0 Å². The standard InChI is InChI=1S/C25H20N4S2/c1-2-10-20(11-3-1)30-23-14-6-7-15-24(23)31-22-13-5-4-12-21(22)25(28-18-8-16-26-28)29-19-9-17-27-29/h1-19,25H. The van der Waals surface area contributed by atoms with Crippen molar-refractivity contribution in [3.05, 3.63) is 121 Å². The number of rotatable bonds is 7. The van der Waals surface area contributed by atoms with E-state index in [4.69, 9.17) is 0 Å². The molecule has 0 aliphatic rings. The molecule has 0 bridgehead atoms. The monoisotopic (exact) mass is 440 g/mol. The maximum absolute atomic E-state index is 4.51. The average molecular weight is 441 g/mol. The van der Waals surface area contributed by atoms with Crippen molar-refractivity contribution in [2.45, 2.75) is 25.7 Å². The van der Waals surface area contributed by atoms with Crippen LogP contribution in [0.4, 0.5) is 0 Å². The van der Waals surface area contributed by atoms with Crippen molar-refractivity contribution in [1.29, 1.82) is 0 Å². The lowest BCUT2D eigenvalue weighted by Gasteiger charge is -2.22. The summed E-state index contributed by atoms with van der Waals surface area (Å²) in [6, 6.07) is 31.4. The molecule has 5 aromatic rings. The van der Waals surface area contributed by atoms with Crippen LogP contribution in [0.25, 0.3) is 0 Å². The SMILES string of the molecule is c1ccc(Sc2ccccc2Sc2ccccc2C(n2cccn2)n2cccn2)cc1. The fraction of sp³-hybridized carbons (Fsp3) is 0.0400. The molecule has 0 aliphatic heterocycles. The third-order valence-electron chi connectivity index (χ3n) is 4.79. The maximum Gasteiger partial charge on any atom is 0.169 e. The highest BCUT2D eigenvalue weighted by atomic mass is 32.2. The minimum Gasteiger partial charge on any atom is -0.244 e. The summed E-state index contributed by atoms with van der Waals surface area (Å²) >= 11 is 3.57. The number of hydrogen-bond acceptors (Lipinski definition) is 4. The van der Waals surface area contributed by atoms with Crippen molar-refractivity contribution < 1.29 is 0 Å². The second kappa shape index (κ2) is 9.29. The molecule has 2 heterocycles. The molecule has 0 radical (unpaired) electrons. The number of benzene rings is 3. The van der Waals surface area contributed by atoms with Crippen LogP contribution in [0.1, 0.15) is 11.7 Å². The lowest BCUT2D eigenvalue weighted by atomic mass is 10.1. The predicted molar refractivity (Wildman–Crippen MR) is 126 cm³/mol. The molecule has 4 nitrogen and oxygen atoms in total. The van der Waals surface area contributed by atoms with E-state index in [1.165, 1.54) is 19.6 Å². The Balaban J connectivity index is 1.52. The van der Waals surface area contributed by atoms with Crippen LogP contribution < -0.4 is 0 Å². The molecule has 3 aromatic carbocycles. The summed E-state index contributed by atoms with van der Waals surface area (Å²) in [6.45, 7) is 0. The van der Waals surface area contributed by atoms with Gasteiger partial charge >= 0.3 is 0 Å². The van der Waals surface area contributed by atoms with E-state index in [0.717, 1.165) is 5.56 Å². The normalized spacial score (nSPS) is 11.1. The molecule has 0 N–H and O–H groups in total. The first-order valence-corrected chi connectivity index (χ1v) is 11.6. The van der Waals surface area contributed by atoms with Gasteiger partial charge in [-0.25, -0.2) is 9.36 Å². The van der Waals surface area contributed by atoms with E-state index in [0.29, 0.717) is 0 Å². The molecule has 0 amide bonds. The molecule has 0 unspecified atom stereocenters. The Morgan fingerprint density at radius 2 is 1.10 bits per heavy atom. The van der Waals surface area contributed by atoms with E-state index >= 15 is 0 Å². The molecule has 0 saturated heterocycles. The van der Waals surface area contributed by atoms with Gasteiger partial charge in [0.05, 0.1) is 0 Å². The molecule has 152 valence electrons. The topological polar surface area (TPSA) is 35.6 Å². The summed E-state index contributed by atoms with van der Waals surface area (Å²) in [6.07, 6.45) is 7.42. The van der Waals surface area contributed by atoms with E-state index in [-0.39, 0.29) is 6.17 Å². The molecular weight excluding hydrogens is 420 g/mol. The third-order valence-corrected chi connectivity index (χ3v) is 7.17. The number of hydrogen-bond donors (Lipinski definition) is 0. The lowest BCUT2D eigenvalue weighted by Crippen LogP contribution is -2.21. The maximum atomic E-state index is 4.51. The first-order chi connectivity index (χ1) is 15.4. The number of aromatic nitrogens is 4. The van der Waals surface area contributed by atoms with Gasteiger partial charge in [-0.3, -0.25) is 0 Å². The highest BCUT2D eigenvalue weighted by Gasteiger charge is 2.20. The lowest BCUT2D eigenvalue weighted by molar-refractivity contribution is 0.413. The fourth-order valence-electron chi connectivity index (χ4n) is 3.40. The molecule has 2 aromatic heterocycles. The van der Waals surface area contributed by atoms with Crippen molar-refractivity contribution in [3.8, 4) is 0 Å². The minimum atomic E-state index is -0.150. The summed E-state index contributed by atoms with van der Waals surface area (Å²) in [5, 5.41) is 9.03. The van der Waals surface area contributed by atoms with Gasteiger partial charge in [0.1, 0.15) is 0 Å². The van der Waals surface area contributed by atoms with Crippen molar-refractivity contribution in [2.24, 2.45) is 0 Å². The molecule has 0 aliphatic carbocycles. The Morgan fingerprint density at radius 1 is 0.548 bits per heavy atom. The molecule has 0 spiro atoms. The third kappa shape index (κ3) is 4.45. The smallest absolute Gasteiger partial charge is 0.169 e. The van der Waals surface area contributed by atoms with Crippen LogP contribution in [0.3, 0.4) is 0 Å². The van der Waals surface area contributed by atoms with Gasteiger partial charge in [0.15, 0.2) is 6.17 Å². The molecule has 5 rings (SSSR count). The Labute approximate surface area is 189 Å². The van der Waals surface area contributed by atoms with Crippen LogP contribution in [-0.4, -0.2) is 19.6 Å². The second-order valence-corrected chi connectivity index (χ2v) is 9.05. The molecule has 31 heavy (non-hydrogen) atoms. The van der Waals surface area contributed by atoms with E-state index in [1.54, 1.807) is 35.9 Å². The largest absolute Gasteiger partial charge is 0.244 e. The summed E-state index contributed by atoms with van der Waals surface area (Å²) in [4.78, 5) is 4.88. The van der Waals surface area contributed by atoms with Crippen molar-refractivity contribution in [3.63, 3.8) is 0 Å². The van der Waals surface area contributed by atoms with E-state index < -0.39 is 0 Å². The summed E-state index contributed by atoms with van der Waals surface area (Å²) < 4.78 is 3.88. The van der Waals surface area contributed by atoms with E-state index in [2.05, 4.69) is 83.0 Å². The Hall–Kier alpha value is -3.22. The van der Waals surface area contributed by atoms with Gasteiger partial charge in [-0.15, -0.1) is 0 Å². The van der Waals surface area contributed by atoms with Crippen LogP contribution in [0.15, 0.2) is 135 Å². The first kappa shape index (κ1) is 19.7. The summed E-state index contributed by atoms with van der Waals surface area (Å²) in [5.41, 5.74) is 1.15. The van der Waals surface area contributed by atoms with E-state index in [9.17, 15) is 0 Å². The van der Waals surface area contributed by atoms with Gasteiger partial charge in [-0.1, -0.05) is 72.1 Å². The average Bonchev–Trinajstić information content (AvgIpc) is 3.53. The zero-order valence-corrected chi connectivity index (χ0v) is 18.3. The van der Waals surface area contributed by atoms with Gasteiger partial charge in [0.2, 0.25) is 0 Å². The quantitative estimate of drug-likeness (QED) is 0.290. The highest BCUT2D eigenvalue weighted by molar-refractivity contribution is 8.02. The molecular formula is C25H20N4S2. The van der Waals surface area contributed by atoms with Gasteiger partial charge in [0.25, 0.3) is 0 Å². The van der Waals surface area contributed by atoms with Crippen molar-refractivity contribution >= 4 is 23.5 Å². The minimum absolute atomic E-state index is 0.150. The zero-order chi connectivity index (χ0) is 20.9. The molecule has 0 fully saturated rings. The predicted octanol–water partition coefficient (Wildman–Crippen LogP) is 6.48. The van der Waals surface area contributed by atoms with Crippen LogP contribution in [0.5, 0.6) is 0 Å². The molecule has 0 atom stereocenters. The van der Waals surface area contributed by atoms with E-state index in [1.807, 2.05) is 40.0 Å². The van der Waals surface area contributed by atoms with Gasteiger partial charge in [0, 0.05) is 49.9 Å². The van der Waals surface area contributed by atoms with Crippen LogP contribution >= 0.6 is 23.5 Å². The Kier molecular flexibility index (Phi) is 5.91. The molecule has 0 saturated carbocycles. The fourth-order valence-corrected chi connectivity index (χ4v) is 5.50. The Bertz CT molecular complexity index is 1200. The Morgan fingerprint density at radius 3 is 1.71 bits per heavy atom. The van der Waals surface area contributed by atoms with Crippen LogP contribution in [0.2, 0.25) is 0 Å². The van der Waals surface area contributed by atoms with Gasteiger partial charge < -0.3 is 0 Å². The number of nitrogens with zero attached hydrogens (tertiary/aromatic N) is 4. The van der Waals surface area contributed by atoms with Crippen molar-refractivity contribution in [1.82, 2.24) is 19.6 Å². The molecule has 6 heteroatoms. The van der Waals surface area contributed by atoms with Crippen LogP contribution in [-0.2, 0) is 0 Å². The van der Waals surface area contributed by atoms with Gasteiger partial charge in [-0.2, -0.15) is 10.2 Å². The summed E-state index contributed by atoms with van der Waals surface area (Å²) in [5.74, 6) is 0. The van der Waals surface area contributed by atoms with Crippen LogP contribution in [0, 0.1) is 0 Å². The second-order valence-electron chi connectivity index (χ2n) is 6.85. The highest BCUT2D eigenvalue weighted by Crippen LogP contribution is 2.41. The zero-order valence-electron chi connectivity index (χ0n) is 16.7. The van der Waals surface area contributed by atoms with Gasteiger partial charge in [-0.05, 0) is 42.5 Å². The summed E-state index contributed by atoms with van der Waals surface area (Å²) in [7, 11) is 0. The first-order valence-electron chi connectivity index (χ1n) is 9.95.